The van der Waals surface area contributed by atoms with E-state index < -0.39 is 11.9 Å². The molecule has 184 valence electrons. The van der Waals surface area contributed by atoms with E-state index in [-0.39, 0.29) is 0 Å². The molecule has 0 amide bonds. The van der Waals surface area contributed by atoms with Gasteiger partial charge in [0, 0.05) is 0 Å². The van der Waals surface area contributed by atoms with Crippen LogP contribution in [0.3, 0.4) is 0 Å². The maximum Gasteiger partial charge on any atom is 0.343 e. The second-order valence-corrected chi connectivity index (χ2v) is 8.44. The van der Waals surface area contributed by atoms with Gasteiger partial charge in [-0.1, -0.05) is 58.1 Å². The van der Waals surface area contributed by atoms with Crippen LogP contribution in [0, 0.1) is 0 Å². The Kier molecular flexibility index (Phi) is 10.4. The van der Waals surface area contributed by atoms with Gasteiger partial charge in [-0.15, -0.1) is 0 Å². The molecule has 0 spiro atoms. The van der Waals surface area contributed by atoms with Crippen molar-refractivity contribution in [2.45, 2.75) is 58.8 Å². The molecule has 0 bridgehead atoms. The van der Waals surface area contributed by atoms with Crippen LogP contribution in [0.4, 0.5) is 0 Å². The predicted molar refractivity (Wildman–Crippen MR) is 137 cm³/mol. The zero-order valence-electron chi connectivity index (χ0n) is 20.6. The van der Waals surface area contributed by atoms with Gasteiger partial charge < -0.3 is 14.2 Å². The Hall–Kier alpha value is -3.60. The number of unbranched alkanes of at least 4 members (excludes halogenated alkanes) is 5. The van der Waals surface area contributed by atoms with Crippen molar-refractivity contribution >= 4 is 11.9 Å². The lowest BCUT2D eigenvalue weighted by Crippen LogP contribution is -2.10. The molecule has 0 aromatic heterocycles. The first-order valence-corrected chi connectivity index (χ1v) is 12.4. The van der Waals surface area contributed by atoms with Gasteiger partial charge >= 0.3 is 11.9 Å². The Bertz CT molecular complexity index is 1050. The predicted octanol–water partition coefficient (Wildman–Crippen LogP) is 7.43. The highest BCUT2D eigenvalue weighted by molar-refractivity contribution is 5.92. The summed E-state index contributed by atoms with van der Waals surface area (Å²) < 4.78 is 16.6. The number of ether oxygens (including phenoxy) is 3. The average molecular weight is 475 g/mol. The number of aryl methyl sites for hydroxylation is 1. The Morgan fingerprint density at radius 2 is 1.03 bits per heavy atom. The first-order chi connectivity index (χ1) is 17.1. The van der Waals surface area contributed by atoms with Crippen LogP contribution in [0.25, 0.3) is 0 Å². The van der Waals surface area contributed by atoms with E-state index in [0.29, 0.717) is 29.2 Å². The van der Waals surface area contributed by atoms with Crippen molar-refractivity contribution in [3.05, 3.63) is 89.5 Å². The van der Waals surface area contributed by atoms with Crippen LogP contribution in [0.5, 0.6) is 17.2 Å². The third kappa shape index (κ3) is 8.60. The highest BCUT2D eigenvalue weighted by atomic mass is 16.5. The Morgan fingerprint density at radius 1 is 0.571 bits per heavy atom. The van der Waals surface area contributed by atoms with E-state index in [1.165, 1.54) is 32.1 Å². The first-order valence-electron chi connectivity index (χ1n) is 12.4. The molecule has 3 aromatic rings. The highest BCUT2D eigenvalue weighted by Gasteiger charge is 2.12. The third-order valence-electron chi connectivity index (χ3n) is 5.70. The molecule has 0 fully saturated rings. The van der Waals surface area contributed by atoms with Gasteiger partial charge in [-0.25, -0.2) is 9.59 Å². The molecule has 5 nitrogen and oxygen atoms in total. The quantitative estimate of drug-likeness (QED) is 0.146. The second kappa shape index (κ2) is 14.0. The van der Waals surface area contributed by atoms with Crippen LogP contribution in [0.15, 0.2) is 72.8 Å². The fourth-order valence-corrected chi connectivity index (χ4v) is 3.54. The summed E-state index contributed by atoms with van der Waals surface area (Å²) in [7, 11) is 0. The number of rotatable bonds is 13. The van der Waals surface area contributed by atoms with Crippen LogP contribution in [-0.4, -0.2) is 18.5 Å². The molecule has 0 aliphatic carbocycles. The summed E-state index contributed by atoms with van der Waals surface area (Å²) >= 11 is 0. The molecule has 0 unspecified atom stereocenters. The maximum atomic E-state index is 12.5. The molecule has 0 saturated carbocycles. The Balaban J connectivity index is 1.44. The first kappa shape index (κ1) is 26.0. The number of benzene rings is 3. The minimum Gasteiger partial charge on any atom is -0.494 e. The van der Waals surface area contributed by atoms with Gasteiger partial charge in [0.15, 0.2) is 0 Å². The van der Waals surface area contributed by atoms with Crippen LogP contribution < -0.4 is 14.2 Å². The van der Waals surface area contributed by atoms with E-state index in [4.69, 9.17) is 14.2 Å². The van der Waals surface area contributed by atoms with Crippen LogP contribution >= 0.6 is 0 Å². The molecule has 0 aliphatic heterocycles. The molecule has 0 atom stereocenters. The zero-order valence-corrected chi connectivity index (χ0v) is 20.6. The van der Waals surface area contributed by atoms with Crippen molar-refractivity contribution in [3.63, 3.8) is 0 Å². The van der Waals surface area contributed by atoms with Crippen molar-refractivity contribution in [2.24, 2.45) is 0 Å². The summed E-state index contributed by atoms with van der Waals surface area (Å²) in [6.45, 7) is 4.96. The lowest BCUT2D eigenvalue weighted by molar-refractivity contribution is 0.0730. The van der Waals surface area contributed by atoms with Crippen molar-refractivity contribution in [1.29, 1.82) is 0 Å². The molecule has 0 heterocycles. The van der Waals surface area contributed by atoms with Gasteiger partial charge in [0.2, 0.25) is 0 Å². The molecule has 5 heteroatoms. The molecule has 0 radical (unpaired) electrons. The minimum absolute atomic E-state index is 0.359. The molecule has 0 saturated heterocycles. The zero-order chi connectivity index (χ0) is 24.9. The third-order valence-corrected chi connectivity index (χ3v) is 5.70. The SMILES string of the molecule is CCCCCCCCOc1ccc(OC(=O)c2ccc(OC(=O)c3ccc(CC)cc3)cc2)cc1. The Morgan fingerprint density at radius 3 is 1.57 bits per heavy atom. The monoisotopic (exact) mass is 474 g/mol. The van der Waals surface area contributed by atoms with Crippen molar-refractivity contribution in [3.8, 4) is 17.2 Å². The van der Waals surface area contributed by atoms with Gasteiger partial charge in [0.25, 0.3) is 0 Å². The minimum atomic E-state index is -0.487. The standard InChI is InChI=1S/C30H34O5/c1-3-5-6-7-8-9-22-33-26-18-20-28(21-19-26)35-30(32)25-14-16-27(17-15-25)34-29(31)24-12-10-23(4-2)11-13-24/h10-21H,3-9,22H2,1-2H3. The summed E-state index contributed by atoms with van der Waals surface area (Å²) in [4.78, 5) is 24.8. The second-order valence-electron chi connectivity index (χ2n) is 8.44. The summed E-state index contributed by atoms with van der Waals surface area (Å²) in [5.41, 5.74) is 1.99. The number of hydrogen-bond donors (Lipinski definition) is 0. The van der Waals surface area contributed by atoms with E-state index in [0.717, 1.165) is 24.2 Å². The van der Waals surface area contributed by atoms with Crippen molar-refractivity contribution in [1.82, 2.24) is 0 Å². The molecular formula is C30H34O5. The summed E-state index contributed by atoms with van der Waals surface area (Å²) in [5, 5.41) is 0. The van der Waals surface area contributed by atoms with Crippen LogP contribution in [0.1, 0.15) is 78.7 Å². The van der Waals surface area contributed by atoms with Crippen molar-refractivity contribution < 1.29 is 23.8 Å². The fourth-order valence-electron chi connectivity index (χ4n) is 3.54. The number of carbonyl (C=O) groups excluding carboxylic acids is 2. The fraction of sp³-hybridized carbons (Fsp3) is 0.333. The van der Waals surface area contributed by atoms with Crippen LogP contribution in [-0.2, 0) is 6.42 Å². The van der Waals surface area contributed by atoms with Crippen LogP contribution in [0.2, 0.25) is 0 Å². The molecular weight excluding hydrogens is 440 g/mol. The number of carbonyl (C=O) groups is 2. The van der Waals surface area contributed by atoms with E-state index in [1.54, 1.807) is 60.7 Å². The number of hydrogen-bond acceptors (Lipinski definition) is 5. The summed E-state index contributed by atoms with van der Waals surface area (Å²) in [6, 6.07) is 20.6. The van der Waals surface area contributed by atoms with Gasteiger partial charge in [-0.3, -0.25) is 0 Å². The van der Waals surface area contributed by atoms with E-state index in [9.17, 15) is 9.59 Å². The van der Waals surface area contributed by atoms with Gasteiger partial charge in [-0.2, -0.15) is 0 Å². The van der Waals surface area contributed by atoms with Gasteiger partial charge in [-0.05, 0) is 79.1 Å². The molecule has 3 aromatic carbocycles. The van der Waals surface area contributed by atoms with Gasteiger partial charge in [0.1, 0.15) is 17.2 Å². The normalized spacial score (nSPS) is 10.6. The maximum absolute atomic E-state index is 12.5. The molecule has 0 aliphatic rings. The van der Waals surface area contributed by atoms with Gasteiger partial charge in [0.05, 0.1) is 17.7 Å². The van der Waals surface area contributed by atoms with E-state index in [1.807, 2.05) is 12.1 Å². The number of esters is 2. The van der Waals surface area contributed by atoms with Crippen molar-refractivity contribution in [2.75, 3.05) is 6.61 Å². The lowest BCUT2D eigenvalue weighted by atomic mass is 10.1. The molecule has 3 rings (SSSR count). The molecule has 35 heavy (non-hydrogen) atoms. The average Bonchev–Trinajstić information content (AvgIpc) is 2.89. The highest BCUT2D eigenvalue weighted by Crippen LogP contribution is 2.20. The smallest absolute Gasteiger partial charge is 0.343 e. The summed E-state index contributed by atoms with van der Waals surface area (Å²) in [6.07, 6.45) is 8.22. The topological polar surface area (TPSA) is 61.8 Å². The largest absolute Gasteiger partial charge is 0.494 e. The summed E-state index contributed by atoms with van der Waals surface area (Å²) in [5.74, 6) is 0.625. The van der Waals surface area contributed by atoms with E-state index in [2.05, 4.69) is 13.8 Å². The Labute approximate surface area is 208 Å². The molecule has 0 N–H and O–H groups in total. The lowest BCUT2D eigenvalue weighted by Gasteiger charge is -2.09. The van der Waals surface area contributed by atoms with E-state index >= 15 is 0 Å².